The van der Waals surface area contributed by atoms with Crippen molar-refractivity contribution in [2.75, 3.05) is 0 Å². The molecule has 158 valence electrons. The topological polar surface area (TPSA) is 32.6 Å². The van der Waals surface area contributed by atoms with Gasteiger partial charge in [0.1, 0.15) is 11.6 Å². The summed E-state index contributed by atoms with van der Waals surface area (Å²) in [6, 6.07) is 36.7. The average Bonchev–Trinajstić information content (AvgIpc) is 2.85. The van der Waals surface area contributed by atoms with E-state index in [9.17, 15) is 5.11 Å². The second kappa shape index (κ2) is 8.22. The normalized spacial score (nSPS) is 19.2. The standard InChI is InChI=1S/C30H27NO/c1-21(2)30(32)27-20-12-11-18-25(27)24-17-9-10-19-26(24)29(30)31-28(22-13-5-3-6-14-22)23-15-7-4-8-16-23/h3-21,29,32H,1-2H3/t29-,30-/m0/s1. The molecular weight excluding hydrogens is 390 g/mol. The van der Waals surface area contributed by atoms with Crippen LogP contribution in [0.25, 0.3) is 11.1 Å². The monoisotopic (exact) mass is 417 g/mol. The Morgan fingerprint density at radius 3 is 1.78 bits per heavy atom. The summed E-state index contributed by atoms with van der Waals surface area (Å²) in [5, 5.41) is 12.3. The predicted octanol–water partition coefficient (Wildman–Crippen LogP) is 6.79. The SMILES string of the molecule is CC(C)[C@]1(O)c2ccccc2-c2ccccc2[C@@H]1N=C(c1ccccc1)c1ccccc1. The smallest absolute Gasteiger partial charge is 0.119 e. The molecule has 4 aromatic rings. The van der Waals surface area contributed by atoms with Crippen LogP contribution in [0.15, 0.2) is 114 Å². The molecule has 1 aliphatic rings. The molecule has 0 saturated heterocycles. The first-order valence-corrected chi connectivity index (χ1v) is 11.2. The van der Waals surface area contributed by atoms with Gasteiger partial charge in [0.2, 0.25) is 0 Å². The Kier molecular flexibility index (Phi) is 5.24. The van der Waals surface area contributed by atoms with Gasteiger partial charge in [0.15, 0.2) is 0 Å². The number of fused-ring (bicyclic) bond motifs is 3. The van der Waals surface area contributed by atoms with E-state index in [1.807, 2.05) is 54.6 Å². The lowest BCUT2D eigenvalue weighted by molar-refractivity contribution is -0.0360. The summed E-state index contributed by atoms with van der Waals surface area (Å²) in [4.78, 5) is 5.36. The highest BCUT2D eigenvalue weighted by Gasteiger charge is 2.47. The first-order valence-electron chi connectivity index (χ1n) is 11.2. The van der Waals surface area contributed by atoms with Crippen molar-refractivity contribution in [3.05, 3.63) is 131 Å². The molecule has 0 unspecified atom stereocenters. The van der Waals surface area contributed by atoms with Gasteiger partial charge in [0, 0.05) is 11.1 Å². The van der Waals surface area contributed by atoms with E-state index in [4.69, 9.17) is 4.99 Å². The van der Waals surface area contributed by atoms with Crippen molar-refractivity contribution >= 4 is 5.71 Å². The Balaban J connectivity index is 1.81. The molecule has 0 bridgehead atoms. The minimum absolute atomic E-state index is 0.0291. The molecule has 2 atom stereocenters. The van der Waals surface area contributed by atoms with E-state index in [0.29, 0.717) is 0 Å². The van der Waals surface area contributed by atoms with Gasteiger partial charge in [-0.2, -0.15) is 0 Å². The van der Waals surface area contributed by atoms with Crippen LogP contribution in [0, 0.1) is 5.92 Å². The summed E-state index contributed by atoms with van der Waals surface area (Å²) in [6.45, 7) is 4.16. The predicted molar refractivity (Wildman–Crippen MR) is 132 cm³/mol. The van der Waals surface area contributed by atoms with Crippen molar-refractivity contribution in [3.8, 4) is 11.1 Å². The molecule has 0 heterocycles. The minimum atomic E-state index is -1.13. The van der Waals surface area contributed by atoms with Gasteiger partial charge >= 0.3 is 0 Å². The number of nitrogens with zero attached hydrogens (tertiary/aromatic N) is 1. The zero-order chi connectivity index (χ0) is 22.1. The van der Waals surface area contributed by atoms with Crippen molar-refractivity contribution < 1.29 is 5.11 Å². The number of hydrogen-bond acceptors (Lipinski definition) is 2. The third-order valence-corrected chi connectivity index (χ3v) is 6.55. The Bertz CT molecular complexity index is 1220. The highest BCUT2D eigenvalue weighted by Crippen LogP contribution is 2.53. The summed E-state index contributed by atoms with van der Waals surface area (Å²) in [7, 11) is 0. The van der Waals surface area contributed by atoms with E-state index in [1.54, 1.807) is 0 Å². The highest BCUT2D eigenvalue weighted by atomic mass is 16.3. The first-order chi connectivity index (χ1) is 15.6. The maximum Gasteiger partial charge on any atom is 0.119 e. The van der Waals surface area contributed by atoms with Crippen molar-refractivity contribution in [2.45, 2.75) is 25.5 Å². The number of benzene rings is 4. The van der Waals surface area contributed by atoms with E-state index in [0.717, 1.165) is 39.1 Å². The Morgan fingerprint density at radius 1 is 0.688 bits per heavy atom. The summed E-state index contributed by atoms with van der Waals surface area (Å²) in [6.07, 6.45) is 0. The average molecular weight is 418 g/mol. The van der Waals surface area contributed by atoms with Gasteiger partial charge in [-0.25, -0.2) is 0 Å². The molecule has 0 aromatic heterocycles. The quantitative estimate of drug-likeness (QED) is 0.364. The molecule has 0 spiro atoms. The first kappa shape index (κ1) is 20.4. The van der Waals surface area contributed by atoms with E-state index >= 15 is 0 Å². The van der Waals surface area contributed by atoms with E-state index in [1.165, 1.54) is 0 Å². The maximum atomic E-state index is 12.3. The minimum Gasteiger partial charge on any atom is -0.382 e. The van der Waals surface area contributed by atoms with Crippen LogP contribution in [-0.2, 0) is 5.60 Å². The lowest BCUT2D eigenvalue weighted by atomic mass is 9.67. The molecule has 5 rings (SSSR count). The number of aliphatic imine (C=N–C) groups is 1. The van der Waals surface area contributed by atoms with Gasteiger partial charge in [-0.15, -0.1) is 0 Å². The van der Waals surface area contributed by atoms with Gasteiger partial charge in [0.25, 0.3) is 0 Å². The second-order valence-electron chi connectivity index (χ2n) is 8.73. The molecule has 0 amide bonds. The van der Waals surface area contributed by atoms with Gasteiger partial charge in [-0.3, -0.25) is 4.99 Å². The molecule has 0 saturated carbocycles. The molecule has 32 heavy (non-hydrogen) atoms. The van der Waals surface area contributed by atoms with Crippen molar-refractivity contribution in [1.82, 2.24) is 0 Å². The van der Waals surface area contributed by atoms with Crippen LogP contribution in [0.1, 0.15) is 42.1 Å². The van der Waals surface area contributed by atoms with Crippen LogP contribution >= 0.6 is 0 Å². The van der Waals surface area contributed by atoms with Crippen molar-refractivity contribution in [1.29, 1.82) is 0 Å². The molecule has 0 fully saturated rings. The molecule has 4 aromatic carbocycles. The molecule has 2 nitrogen and oxygen atoms in total. The fourth-order valence-electron chi connectivity index (χ4n) is 4.86. The van der Waals surface area contributed by atoms with Gasteiger partial charge in [-0.1, -0.05) is 123 Å². The molecule has 1 aliphatic carbocycles. The van der Waals surface area contributed by atoms with Gasteiger partial charge in [0.05, 0.1) is 5.71 Å². The molecule has 2 heteroatoms. The van der Waals surface area contributed by atoms with Crippen molar-refractivity contribution in [3.63, 3.8) is 0 Å². The molecule has 0 radical (unpaired) electrons. The molecule has 1 N–H and O–H groups in total. The van der Waals surface area contributed by atoms with Gasteiger partial charge < -0.3 is 5.11 Å². The van der Waals surface area contributed by atoms with Crippen LogP contribution in [0.2, 0.25) is 0 Å². The summed E-state index contributed by atoms with van der Waals surface area (Å²) < 4.78 is 0. The van der Waals surface area contributed by atoms with Gasteiger partial charge in [-0.05, 0) is 28.2 Å². The number of hydrogen-bond donors (Lipinski definition) is 1. The van der Waals surface area contributed by atoms with Crippen LogP contribution in [0.5, 0.6) is 0 Å². The third-order valence-electron chi connectivity index (χ3n) is 6.55. The lowest BCUT2D eigenvalue weighted by Gasteiger charge is -2.44. The Morgan fingerprint density at radius 2 is 1.19 bits per heavy atom. The highest BCUT2D eigenvalue weighted by molar-refractivity contribution is 6.13. The van der Waals surface area contributed by atoms with Crippen LogP contribution < -0.4 is 0 Å². The van der Waals surface area contributed by atoms with Crippen molar-refractivity contribution in [2.24, 2.45) is 10.9 Å². The second-order valence-corrected chi connectivity index (χ2v) is 8.73. The van der Waals surface area contributed by atoms with Crippen LogP contribution in [-0.4, -0.2) is 10.8 Å². The van der Waals surface area contributed by atoms with E-state index in [-0.39, 0.29) is 5.92 Å². The summed E-state index contributed by atoms with van der Waals surface area (Å²) in [5.41, 5.74) is 6.09. The van der Waals surface area contributed by atoms with E-state index < -0.39 is 11.6 Å². The summed E-state index contributed by atoms with van der Waals surface area (Å²) >= 11 is 0. The number of rotatable bonds is 4. The Labute approximate surface area is 189 Å². The zero-order valence-electron chi connectivity index (χ0n) is 18.4. The zero-order valence-corrected chi connectivity index (χ0v) is 18.4. The van der Waals surface area contributed by atoms with Crippen LogP contribution in [0.4, 0.5) is 0 Å². The largest absolute Gasteiger partial charge is 0.382 e. The molecule has 0 aliphatic heterocycles. The maximum absolute atomic E-state index is 12.3. The Hall–Kier alpha value is -3.49. The van der Waals surface area contributed by atoms with Crippen LogP contribution in [0.3, 0.4) is 0 Å². The molecular formula is C30H27NO. The fourth-order valence-corrected chi connectivity index (χ4v) is 4.86. The van der Waals surface area contributed by atoms with E-state index in [2.05, 4.69) is 68.4 Å². The summed E-state index contributed by atoms with van der Waals surface area (Å²) in [5.74, 6) is -0.0291. The lowest BCUT2D eigenvalue weighted by Crippen LogP contribution is -2.41. The number of aliphatic hydroxyl groups is 1. The third kappa shape index (κ3) is 3.28. The fraction of sp³-hybridized carbons (Fsp3) is 0.167.